The molecule has 7 heteroatoms. The number of benzene rings is 2. The van der Waals surface area contributed by atoms with E-state index < -0.39 is 10.0 Å². The standard InChI is InChI=1S/C19H21N3O2S.ClH/c1-15-6-8-16(9-7-15)25(23,24)22-14-19(21-12-10-20-11-13-21)17-4-2-3-5-18(17)22;/h2-9,14,20H,10-13H2,1H3;1H. The van der Waals surface area contributed by atoms with Gasteiger partial charge in [0.25, 0.3) is 10.0 Å². The van der Waals surface area contributed by atoms with E-state index in [0.29, 0.717) is 4.90 Å². The first-order chi connectivity index (χ1) is 12.1. The zero-order valence-electron chi connectivity index (χ0n) is 14.6. The van der Waals surface area contributed by atoms with Crippen LogP contribution in [0.1, 0.15) is 5.56 Å². The van der Waals surface area contributed by atoms with Gasteiger partial charge in [0.05, 0.1) is 16.1 Å². The van der Waals surface area contributed by atoms with E-state index in [1.807, 2.05) is 43.3 Å². The number of fused-ring (bicyclic) bond motifs is 1. The first-order valence-corrected chi connectivity index (χ1v) is 9.89. The molecule has 5 nitrogen and oxygen atoms in total. The van der Waals surface area contributed by atoms with Crippen molar-refractivity contribution in [2.45, 2.75) is 11.8 Å². The zero-order valence-corrected chi connectivity index (χ0v) is 16.2. The number of aromatic nitrogens is 1. The maximum Gasteiger partial charge on any atom is 0.268 e. The molecule has 0 spiro atoms. The van der Waals surface area contributed by atoms with Crippen LogP contribution in [0.4, 0.5) is 5.69 Å². The van der Waals surface area contributed by atoms with E-state index in [-0.39, 0.29) is 12.4 Å². The highest BCUT2D eigenvalue weighted by atomic mass is 35.5. The zero-order chi connectivity index (χ0) is 17.4. The van der Waals surface area contributed by atoms with Crippen LogP contribution < -0.4 is 10.2 Å². The van der Waals surface area contributed by atoms with Crippen LogP contribution >= 0.6 is 12.4 Å². The minimum Gasteiger partial charge on any atom is -0.367 e. The van der Waals surface area contributed by atoms with Gasteiger partial charge in [0, 0.05) is 37.8 Å². The van der Waals surface area contributed by atoms with Gasteiger partial charge in [-0.25, -0.2) is 12.4 Å². The highest BCUT2D eigenvalue weighted by Gasteiger charge is 2.23. The molecule has 2 heterocycles. The van der Waals surface area contributed by atoms with Crippen molar-refractivity contribution in [1.29, 1.82) is 0 Å². The molecule has 3 aromatic rings. The number of nitrogens with zero attached hydrogens (tertiary/aromatic N) is 2. The lowest BCUT2D eigenvalue weighted by Gasteiger charge is -2.28. The number of hydrogen-bond acceptors (Lipinski definition) is 4. The summed E-state index contributed by atoms with van der Waals surface area (Å²) in [7, 11) is -3.63. The monoisotopic (exact) mass is 391 g/mol. The van der Waals surface area contributed by atoms with Crippen molar-refractivity contribution in [2.24, 2.45) is 0 Å². The van der Waals surface area contributed by atoms with Gasteiger partial charge in [-0.15, -0.1) is 12.4 Å². The SMILES string of the molecule is Cc1ccc(S(=O)(=O)n2cc(N3CCNCC3)c3ccccc32)cc1.Cl. The number of rotatable bonds is 3. The van der Waals surface area contributed by atoms with Crippen molar-refractivity contribution in [2.75, 3.05) is 31.1 Å². The molecule has 1 aliphatic rings. The Morgan fingerprint density at radius 3 is 2.31 bits per heavy atom. The number of piperazine rings is 1. The van der Waals surface area contributed by atoms with E-state index in [1.165, 1.54) is 3.97 Å². The topological polar surface area (TPSA) is 54.3 Å². The van der Waals surface area contributed by atoms with Crippen molar-refractivity contribution >= 4 is 39.0 Å². The van der Waals surface area contributed by atoms with Crippen LogP contribution in [0.2, 0.25) is 0 Å². The normalized spacial score (nSPS) is 15.0. The number of halogens is 1. The second kappa shape index (κ2) is 7.31. The summed E-state index contributed by atoms with van der Waals surface area (Å²) in [6.07, 6.45) is 1.77. The molecule has 0 saturated carbocycles. The minimum atomic E-state index is -3.63. The molecule has 0 unspecified atom stereocenters. The second-order valence-corrected chi connectivity index (χ2v) is 8.20. The number of para-hydroxylation sites is 1. The van der Waals surface area contributed by atoms with Gasteiger partial charge in [-0.3, -0.25) is 0 Å². The molecule has 4 rings (SSSR count). The smallest absolute Gasteiger partial charge is 0.268 e. The Balaban J connectivity index is 0.00000196. The van der Waals surface area contributed by atoms with Crippen molar-refractivity contribution in [3.8, 4) is 0 Å². The van der Waals surface area contributed by atoms with E-state index in [9.17, 15) is 8.42 Å². The minimum absolute atomic E-state index is 0. The maximum absolute atomic E-state index is 13.2. The predicted octanol–water partition coefficient (Wildman–Crippen LogP) is 3.02. The Morgan fingerprint density at radius 2 is 1.62 bits per heavy atom. The van der Waals surface area contributed by atoms with Gasteiger partial charge in [-0.2, -0.15) is 0 Å². The van der Waals surface area contributed by atoms with Crippen LogP contribution in [0.15, 0.2) is 59.6 Å². The van der Waals surface area contributed by atoms with Gasteiger partial charge in [0.15, 0.2) is 0 Å². The Labute approximate surface area is 160 Å². The molecule has 0 aliphatic carbocycles. The molecule has 0 radical (unpaired) electrons. The molecular formula is C19H22ClN3O2S. The molecule has 1 aliphatic heterocycles. The van der Waals surface area contributed by atoms with Gasteiger partial charge in [0.2, 0.25) is 0 Å². The van der Waals surface area contributed by atoms with Crippen LogP contribution in [0.3, 0.4) is 0 Å². The van der Waals surface area contributed by atoms with Gasteiger partial charge in [0.1, 0.15) is 0 Å². The van der Waals surface area contributed by atoms with Crippen molar-refractivity contribution in [3.05, 3.63) is 60.3 Å². The molecule has 1 N–H and O–H groups in total. The summed E-state index contributed by atoms with van der Waals surface area (Å²) in [6, 6.07) is 14.7. The molecular weight excluding hydrogens is 370 g/mol. The quantitative estimate of drug-likeness (QED) is 0.745. The molecule has 0 bridgehead atoms. The number of hydrogen-bond donors (Lipinski definition) is 1. The number of nitrogens with one attached hydrogen (secondary N) is 1. The fourth-order valence-electron chi connectivity index (χ4n) is 3.31. The van der Waals surface area contributed by atoms with Crippen LogP contribution in [0, 0.1) is 6.92 Å². The number of aryl methyl sites for hydroxylation is 1. The van der Waals surface area contributed by atoms with Crippen LogP contribution in [-0.4, -0.2) is 38.6 Å². The molecule has 1 aromatic heterocycles. The van der Waals surface area contributed by atoms with E-state index in [4.69, 9.17) is 0 Å². The Bertz CT molecular complexity index is 1010. The third-order valence-electron chi connectivity index (χ3n) is 4.69. The second-order valence-electron chi connectivity index (χ2n) is 6.38. The van der Waals surface area contributed by atoms with Crippen LogP contribution in [-0.2, 0) is 10.0 Å². The summed E-state index contributed by atoms with van der Waals surface area (Å²) in [6.45, 7) is 5.51. The Morgan fingerprint density at radius 1 is 0.962 bits per heavy atom. The third kappa shape index (κ3) is 3.20. The predicted molar refractivity (Wildman–Crippen MR) is 108 cm³/mol. The largest absolute Gasteiger partial charge is 0.367 e. The first-order valence-electron chi connectivity index (χ1n) is 8.45. The van der Waals surface area contributed by atoms with Gasteiger partial charge in [-0.05, 0) is 25.1 Å². The summed E-state index contributed by atoms with van der Waals surface area (Å²) >= 11 is 0. The summed E-state index contributed by atoms with van der Waals surface area (Å²) in [5.74, 6) is 0. The highest BCUT2D eigenvalue weighted by molar-refractivity contribution is 7.90. The lowest BCUT2D eigenvalue weighted by atomic mass is 10.2. The lowest BCUT2D eigenvalue weighted by Crippen LogP contribution is -2.43. The fourth-order valence-corrected chi connectivity index (χ4v) is 4.68. The highest BCUT2D eigenvalue weighted by Crippen LogP contribution is 2.32. The van der Waals surface area contributed by atoms with Crippen molar-refractivity contribution in [3.63, 3.8) is 0 Å². The summed E-state index contributed by atoms with van der Waals surface area (Å²) in [5, 5.41) is 4.31. The third-order valence-corrected chi connectivity index (χ3v) is 6.38. The lowest BCUT2D eigenvalue weighted by molar-refractivity contribution is 0.586. The van der Waals surface area contributed by atoms with Crippen LogP contribution in [0.5, 0.6) is 0 Å². The summed E-state index contributed by atoms with van der Waals surface area (Å²) < 4.78 is 27.8. The van der Waals surface area contributed by atoms with E-state index in [2.05, 4.69) is 10.2 Å². The van der Waals surface area contributed by atoms with E-state index in [1.54, 1.807) is 18.3 Å². The molecule has 0 atom stereocenters. The van der Waals surface area contributed by atoms with E-state index >= 15 is 0 Å². The fraction of sp³-hybridized carbons (Fsp3) is 0.263. The average molecular weight is 392 g/mol. The van der Waals surface area contributed by atoms with Crippen molar-refractivity contribution < 1.29 is 8.42 Å². The maximum atomic E-state index is 13.2. The summed E-state index contributed by atoms with van der Waals surface area (Å²) in [4.78, 5) is 2.56. The Kier molecular flexibility index (Phi) is 5.27. The molecule has 138 valence electrons. The summed E-state index contributed by atoms with van der Waals surface area (Å²) in [5.41, 5.74) is 2.74. The average Bonchev–Trinajstić information content (AvgIpc) is 3.03. The van der Waals surface area contributed by atoms with Crippen LogP contribution in [0.25, 0.3) is 10.9 Å². The molecule has 1 fully saturated rings. The van der Waals surface area contributed by atoms with Gasteiger partial charge >= 0.3 is 0 Å². The van der Waals surface area contributed by atoms with E-state index in [0.717, 1.165) is 48.3 Å². The molecule has 1 saturated heterocycles. The van der Waals surface area contributed by atoms with Crippen molar-refractivity contribution in [1.82, 2.24) is 9.29 Å². The molecule has 26 heavy (non-hydrogen) atoms. The molecule has 2 aromatic carbocycles. The first kappa shape index (κ1) is 18.8. The molecule has 0 amide bonds. The number of anilines is 1. The van der Waals surface area contributed by atoms with Gasteiger partial charge < -0.3 is 10.2 Å². The Hall–Kier alpha value is -2.02. The van der Waals surface area contributed by atoms with Gasteiger partial charge in [-0.1, -0.05) is 35.9 Å².